The van der Waals surface area contributed by atoms with Gasteiger partial charge in [-0.1, -0.05) is 13.0 Å². The minimum absolute atomic E-state index is 0.235. The van der Waals surface area contributed by atoms with Gasteiger partial charge in [0.05, 0.1) is 18.0 Å². The molecule has 1 rings (SSSR count). The molecule has 0 aliphatic rings. The molecule has 0 saturated heterocycles. The third kappa shape index (κ3) is 5.74. The summed E-state index contributed by atoms with van der Waals surface area (Å²) in [5, 5.41) is 0. The Kier molecular flexibility index (Phi) is 6.20. The van der Waals surface area contributed by atoms with E-state index in [-0.39, 0.29) is 11.7 Å². The number of hydrogen-bond donors (Lipinski definition) is 1. The van der Waals surface area contributed by atoms with Gasteiger partial charge in [0.15, 0.2) is 0 Å². The lowest BCUT2D eigenvalue weighted by atomic mass is 10.2. The van der Waals surface area contributed by atoms with Crippen molar-refractivity contribution in [3.8, 4) is 5.75 Å². The van der Waals surface area contributed by atoms with E-state index in [0.29, 0.717) is 18.0 Å². The zero-order valence-corrected chi connectivity index (χ0v) is 13.4. The quantitative estimate of drug-likeness (QED) is 0.495. The van der Waals surface area contributed by atoms with Crippen LogP contribution >= 0.6 is 11.8 Å². The zero-order chi connectivity index (χ0) is 15.2. The van der Waals surface area contributed by atoms with Crippen molar-refractivity contribution in [3.05, 3.63) is 18.2 Å². The second kappa shape index (κ2) is 7.43. The Morgan fingerprint density at radius 3 is 2.65 bits per heavy atom. The number of carbonyl (C=O) groups excluding carboxylic acids is 1. The summed E-state index contributed by atoms with van der Waals surface area (Å²) in [5.41, 5.74) is 6.15. The maximum atomic E-state index is 11.7. The number of anilines is 1. The fourth-order valence-electron chi connectivity index (χ4n) is 1.50. The van der Waals surface area contributed by atoms with Crippen LogP contribution in [0.2, 0.25) is 0 Å². The van der Waals surface area contributed by atoms with Crippen LogP contribution in [0.3, 0.4) is 0 Å². The summed E-state index contributed by atoms with van der Waals surface area (Å²) in [4.78, 5) is 12.5. The number of esters is 1. The monoisotopic (exact) mass is 297 g/mol. The van der Waals surface area contributed by atoms with E-state index in [1.807, 2.05) is 45.9 Å². The lowest BCUT2D eigenvalue weighted by molar-refractivity contribution is -0.151. The first-order valence-corrected chi connectivity index (χ1v) is 7.68. The van der Waals surface area contributed by atoms with Gasteiger partial charge in [0.25, 0.3) is 0 Å². The van der Waals surface area contributed by atoms with Crippen LogP contribution in [0.15, 0.2) is 23.1 Å². The van der Waals surface area contributed by atoms with Crippen molar-refractivity contribution in [2.24, 2.45) is 0 Å². The Morgan fingerprint density at radius 2 is 2.05 bits per heavy atom. The van der Waals surface area contributed by atoms with Crippen LogP contribution in [0.25, 0.3) is 0 Å². The van der Waals surface area contributed by atoms with Gasteiger partial charge < -0.3 is 15.2 Å². The molecule has 4 nitrogen and oxygen atoms in total. The number of thioether (sulfide) groups is 1. The molecule has 0 bridgehead atoms. The van der Waals surface area contributed by atoms with Crippen molar-refractivity contribution in [2.75, 3.05) is 18.1 Å². The number of hydrogen-bond acceptors (Lipinski definition) is 5. The fraction of sp³-hybridized carbons (Fsp3) is 0.533. The van der Waals surface area contributed by atoms with Crippen LogP contribution in [0.4, 0.5) is 5.69 Å². The van der Waals surface area contributed by atoms with E-state index in [2.05, 4.69) is 0 Å². The number of benzene rings is 1. The third-order valence-electron chi connectivity index (χ3n) is 2.25. The van der Waals surface area contributed by atoms with Crippen LogP contribution < -0.4 is 10.5 Å². The van der Waals surface area contributed by atoms with Crippen molar-refractivity contribution in [3.63, 3.8) is 0 Å². The van der Waals surface area contributed by atoms with Crippen molar-refractivity contribution in [1.82, 2.24) is 0 Å². The molecular formula is C15H23NO3S. The molecule has 0 aromatic heterocycles. The summed E-state index contributed by atoms with van der Waals surface area (Å²) < 4.78 is 10.8. The molecule has 1 aromatic rings. The topological polar surface area (TPSA) is 61.5 Å². The molecule has 0 aliphatic heterocycles. The summed E-state index contributed by atoms with van der Waals surface area (Å²) >= 11 is 1.36. The Balaban J connectivity index is 2.62. The highest BCUT2D eigenvalue weighted by Crippen LogP contribution is 2.33. The summed E-state index contributed by atoms with van der Waals surface area (Å²) in [6.07, 6.45) is 0.925. The summed E-state index contributed by atoms with van der Waals surface area (Å²) in [6.45, 7) is 8.22. The van der Waals surface area contributed by atoms with Gasteiger partial charge >= 0.3 is 5.97 Å². The van der Waals surface area contributed by atoms with Crippen LogP contribution in [0.5, 0.6) is 5.75 Å². The molecule has 0 spiro atoms. The number of rotatable bonds is 6. The predicted molar refractivity (Wildman–Crippen MR) is 83.2 cm³/mol. The summed E-state index contributed by atoms with van der Waals surface area (Å²) in [7, 11) is 0. The van der Waals surface area contributed by atoms with Gasteiger partial charge in [0, 0.05) is 4.90 Å². The van der Waals surface area contributed by atoms with E-state index < -0.39 is 5.60 Å². The van der Waals surface area contributed by atoms with Crippen molar-refractivity contribution >= 4 is 23.4 Å². The van der Waals surface area contributed by atoms with E-state index >= 15 is 0 Å². The van der Waals surface area contributed by atoms with Gasteiger partial charge in [-0.3, -0.25) is 4.79 Å². The maximum Gasteiger partial charge on any atom is 0.316 e. The van der Waals surface area contributed by atoms with Crippen molar-refractivity contribution < 1.29 is 14.3 Å². The van der Waals surface area contributed by atoms with Crippen LogP contribution in [-0.4, -0.2) is 23.9 Å². The summed E-state index contributed by atoms with van der Waals surface area (Å²) in [5.74, 6) is 0.654. The van der Waals surface area contributed by atoms with Gasteiger partial charge in [-0.05, 0) is 39.3 Å². The molecule has 20 heavy (non-hydrogen) atoms. The number of ether oxygens (including phenoxy) is 2. The Bertz CT molecular complexity index is 455. The molecule has 0 aliphatic carbocycles. The van der Waals surface area contributed by atoms with Gasteiger partial charge in [-0.25, -0.2) is 0 Å². The first-order chi connectivity index (χ1) is 9.33. The molecule has 0 heterocycles. The second-order valence-corrected chi connectivity index (χ2v) is 6.41. The molecule has 0 amide bonds. The summed E-state index contributed by atoms with van der Waals surface area (Å²) in [6, 6.07) is 5.59. The highest BCUT2D eigenvalue weighted by Gasteiger charge is 2.17. The molecule has 1 aromatic carbocycles. The Labute approximate surface area is 125 Å². The second-order valence-electron chi connectivity index (χ2n) is 5.39. The smallest absolute Gasteiger partial charge is 0.316 e. The fourth-order valence-corrected chi connectivity index (χ4v) is 2.26. The molecule has 2 N–H and O–H groups in total. The average Bonchev–Trinajstić information content (AvgIpc) is 2.34. The molecule has 0 atom stereocenters. The van der Waals surface area contributed by atoms with Gasteiger partial charge in [-0.2, -0.15) is 0 Å². The minimum Gasteiger partial charge on any atom is -0.491 e. The van der Waals surface area contributed by atoms with E-state index in [1.54, 1.807) is 0 Å². The highest BCUT2D eigenvalue weighted by atomic mass is 32.2. The highest BCUT2D eigenvalue weighted by molar-refractivity contribution is 8.00. The molecule has 0 saturated carbocycles. The first-order valence-electron chi connectivity index (χ1n) is 6.69. The molecule has 0 fully saturated rings. The zero-order valence-electron chi connectivity index (χ0n) is 12.6. The lowest BCUT2D eigenvalue weighted by Crippen LogP contribution is -2.24. The van der Waals surface area contributed by atoms with Gasteiger partial charge in [0.2, 0.25) is 0 Å². The minimum atomic E-state index is -0.463. The van der Waals surface area contributed by atoms with Crippen molar-refractivity contribution in [2.45, 2.75) is 44.6 Å². The van der Waals surface area contributed by atoms with E-state index in [9.17, 15) is 4.79 Å². The number of nitrogen functional groups attached to an aromatic ring is 1. The van der Waals surface area contributed by atoms with Crippen molar-refractivity contribution in [1.29, 1.82) is 0 Å². The average molecular weight is 297 g/mol. The molecule has 112 valence electrons. The number of para-hydroxylation sites is 1. The molecule has 0 radical (unpaired) electrons. The largest absolute Gasteiger partial charge is 0.491 e. The lowest BCUT2D eigenvalue weighted by Gasteiger charge is -2.19. The van der Waals surface area contributed by atoms with Gasteiger partial charge in [0.1, 0.15) is 11.4 Å². The molecule has 0 unspecified atom stereocenters. The molecule has 5 heteroatoms. The van der Waals surface area contributed by atoms with E-state index in [0.717, 1.165) is 11.3 Å². The predicted octanol–water partition coefficient (Wildman–Crippen LogP) is 3.49. The van der Waals surface area contributed by atoms with E-state index in [4.69, 9.17) is 15.2 Å². The number of carbonyl (C=O) groups is 1. The van der Waals surface area contributed by atoms with Crippen LogP contribution in [0.1, 0.15) is 34.1 Å². The maximum absolute atomic E-state index is 11.7. The van der Waals surface area contributed by atoms with Crippen LogP contribution in [-0.2, 0) is 9.53 Å². The number of nitrogens with two attached hydrogens (primary N) is 1. The molecular weight excluding hydrogens is 274 g/mol. The van der Waals surface area contributed by atoms with E-state index in [1.165, 1.54) is 11.8 Å². The standard InChI is InChI=1S/C15H23NO3S/c1-5-9-18-11-7-6-8-12(14(11)16)20-10-13(17)19-15(2,3)4/h6-8H,5,9-10,16H2,1-4H3. The Morgan fingerprint density at radius 1 is 1.35 bits per heavy atom. The van der Waals surface area contributed by atoms with Crippen LogP contribution in [0, 0.1) is 0 Å². The normalized spacial score (nSPS) is 11.2. The SMILES string of the molecule is CCCOc1cccc(SCC(=O)OC(C)(C)C)c1N. The van der Waals surface area contributed by atoms with Gasteiger partial charge in [-0.15, -0.1) is 11.8 Å². The first kappa shape index (κ1) is 16.7. The third-order valence-corrected chi connectivity index (χ3v) is 3.30. The Hall–Kier alpha value is -1.36.